The monoisotopic (exact) mass is 450 g/mol. The topological polar surface area (TPSA) is 35.5 Å². The summed E-state index contributed by atoms with van der Waals surface area (Å²) in [6.07, 6.45) is 4.30. The van der Waals surface area contributed by atoms with Gasteiger partial charge in [-0.25, -0.2) is 4.79 Å². The van der Waals surface area contributed by atoms with Crippen LogP contribution in [0, 0.1) is 0 Å². The van der Waals surface area contributed by atoms with E-state index in [0.29, 0.717) is 25.0 Å². The lowest BCUT2D eigenvalue weighted by Crippen LogP contribution is -2.04. The highest BCUT2D eigenvalue weighted by atomic mass is 32.1. The molecule has 0 radical (unpaired) electrons. The van der Waals surface area contributed by atoms with Gasteiger partial charge in [-0.05, 0) is 66.1 Å². The quantitative estimate of drug-likeness (QED) is 0.243. The minimum absolute atomic E-state index is 0.313. The van der Waals surface area contributed by atoms with Gasteiger partial charge in [-0.3, -0.25) is 0 Å². The molecule has 1 heterocycles. The number of esters is 1. The van der Waals surface area contributed by atoms with E-state index in [1.165, 1.54) is 32.9 Å². The molecule has 0 saturated heterocycles. The molecule has 170 valence electrons. The first-order valence-corrected chi connectivity index (χ1v) is 12.4. The zero-order valence-electron chi connectivity index (χ0n) is 20.0. The third kappa shape index (κ3) is 5.42. The molecular weight excluding hydrogens is 416 g/mol. The highest BCUT2D eigenvalue weighted by Crippen LogP contribution is 2.43. The summed E-state index contributed by atoms with van der Waals surface area (Å²) in [6, 6.07) is 13.2. The minimum Gasteiger partial charge on any atom is -0.493 e. The largest absolute Gasteiger partial charge is 0.493 e. The molecule has 0 aliphatic heterocycles. The van der Waals surface area contributed by atoms with Crippen molar-refractivity contribution in [1.82, 2.24) is 0 Å². The van der Waals surface area contributed by atoms with Crippen molar-refractivity contribution in [1.29, 1.82) is 0 Å². The van der Waals surface area contributed by atoms with E-state index in [1.807, 2.05) is 13.0 Å². The molecule has 0 spiro atoms. The molecule has 0 saturated carbocycles. The normalized spacial score (nSPS) is 11.8. The predicted octanol–water partition coefficient (Wildman–Crippen LogP) is 8.18. The fraction of sp³-hybridized carbons (Fsp3) is 0.393. The van der Waals surface area contributed by atoms with Gasteiger partial charge >= 0.3 is 5.97 Å². The summed E-state index contributed by atoms with van der Waals surface area (Å²) in [5, 5.41) is 1.18. The van der Waals surface area contributed by atoms with Crippen LogP contribution in [0.15, 0.2) is 42.5 Å². The number of fused-ring (bicyclic) bond motifs is 1. The van der Waals surface area contributed by atoms with Gasteiger partial charge in [0.15, 0.2) is 0 Å². The summed E-state index contributed by atoms with van der Waals surface area (Å²) < 4.78 is 12.6. The highest BCUT2D eigenvalue weighted by Gasteiger charge is 2.19. The van der Waals surface area contributed by atoms with Crippen molar-refractivity contribution in [2.45, 2.75) is 59.8 Å². The van der Waals surface area contributed by atoms with E-state index in [-0.39, 0.29) is 5.97 Å². The maximum absolute atomic E-state index is 11.7. The molecular formula is C28H34O3S. The first-order chi connectivity index (χ1) is 15.3. The second-order valence-corrected chi connectivity index (χ2v) is 9.71. The van der Waals surface area contributed by atoms with Gasteiger partial charge in [0, 0.05) is 26.6 Å². The van der Waals surface area contributed by atoms with Crippen molar-refractivity contribution >= 4 is 33.5 Å². The van der Waals surface area contributed by atoms with Crippen molar-refractivity contribution in [2.24, 2.45) is 0 Å². The number of benzene rings is 2. The zero-order valence-corrected chi connectivity index (χ0v) is 20.8. The van der Waals surface area contributed by atoms with Crippen molar-refractivity contribution in [3.63, 3.8) is 0 Å². The molecule has 0 fully saturated rings. The van der Waals surface area contributed by atoms with Crippen molar-refractivity contribution < 1.29 is 14.3 Å². The van der Waals surface area contributed by atoms with Crippen molar-refractivity contribution in [3.05, 3.63) is 58.5 Å². The molecule has 3 nitrogen and oxygen atoms in total. The van der Waals surface area contributed by atoms with E-state index in [1.54, 1.807) is 11.3 Å². The van der Waals surface area contributed by atoms with Crippen LogP contribution in [0.4, 0.5) is 0 Å². The molecule has 0 atom stereocenters. The number of rotatable bonds is 9. The van der Waals surface area contributed by atoms with E-state index in [0.717, 1.165) is 22.6 Å². The smallest absolute Gasteiger partial charge is 0.330 e. The van der Waals surface area contributed by atoms with Gasteiger partial charge in [0.25, 0.3) is 0 Å². The Morgan fingerprint density at radius 2 is 1.81 bits per heavy atom. The van der Waals surface area contributed by atoms with Crippen molar-refractivity contribution in [2.75, 3.05) is 13.2 Å². The third-order valence-electron chi connectivity index (χ3n) is 5.42. The average molecular weight is 451 g/mol. The Hall–Kier alpha value is -2.59. The summed E-state index contributed by atoms with van der Waals surface area (Å²) in [6.45, 7) is 14.0. The zero-order chi connectivity index (χ0) is 23.3. The van der Waals surface area contributed by atoms with E-state index in [9.17, 15) is 4.79 Å². The number of carbonyl (C=O) groups is 1. The van der Waals surface area contributed by atoms with Crippen LogP contribution >= 0.6 is 11.3 Å². The summed E-state index contributed by atoms with van der Waals surface area (Å²) in [5.74, 6) is 1.47. The second kappa shape index (κ2) is 10.8. The van der Waals surface area contributed by atoms with Gasteiger partial charge in [-0.2, -0.15) is 0 Å². The van der Waals surface area contributed by atoms with Crippen LogP contribution < -0.4 is 4.74 Å². The molecule has 0 unspecified atom stereocenters. The number of thiophene rings is 1. The number of hydrogen-bond acceptors (Lipinski definition) is 4. The predicted molar refractivity (Wildman–Crippen MR) is 137 cm³/mol. The fourth-order valence-corrected chi connectivity index (χ4v) is 4.73. The Balaban J connectivity index is 2.19. The van der Waals surface area contributed by atoms with Crippen LogP contribution in [0.3, 0.4) is 0 Å². The summed E-state index contributed by atoms with van der Waals surface area (Å²) >= 11 is 1.68. The van der Waals surface area contributed by atoms with Crippen molar-refractivity contribution in [3.8, 4) is 16.9 Å². The molecule has 0 aliphatic carbocycles. The number of carbonyl (C=O) groups excluding carboxylic acids is 1. The van der Waals surface area contributed by atoms with Crippen LogP contribution in [-0.2, 0) is 9.53 Å². The van der Waals surface area contributed by atoms with Crippen LogP contribution in [0.5, 0.6) is 5.75 Å². The average Bonchev–Trinajstić information content (AvgIpc) is 3.19. The van der Waals surface area contributed by atoms with Gasteiger partial charge < -0.3 is 9.47 Å². The molecule has 32 heavy (non-hydrogen) atoms. The van der Waals surface area contributed by atoms with E-state index in [4.69, 9.17) is 9.47 Å². The Morgan fingerprint density at radius 1 is 1.03 bits per heavy atom. The van der Waals surface area contributed by atoms with E-state index >= 15 is 0 Å². The third-order valence-corrected chi connectivity index (χ3v) is 6.49. The Kier molecular flexibility index (Phi) is 8.14. The molecule has 0 aliphatic rings. The summed E-state index contributed by atoms with van der Waals surface area (Å²) in [4.78, 5) is 12.8. The van der Waals surface area contributed by atoms with Gasteiger partial charge in [0.1, 0.15) is 5.75 Å². The second-order valence-electron chi connectivity index (χ2n) is 8.60. The van der Waals surface area contributed by atoms with Gasteiger partial charge in [-0.1, -0.05) is 52.8 Å². The van der Waals surface area contributed by atoms with Crippen LogP contribution in [0.1, 0.15) is 75.8 Å². The molecule has 3 aromatic rings. The first-order valence-electron chi connectivity index (χ1n) is 11.5. The first kappa shape index (κ1) is 24.1. The lowest BCUT2D eigenvalue weighted by atomic mass is 9.88. The van der Waals surface area contributed by atoms with Crippen LogP contribution in [-0.4, -0.2) is 19.2 Å². The molecule has 2 aromatic carbocycles. The Morgan fingerprint density at radius 3 is 2.47 bits per heavy atom. The number of ether oxygens (including phenoxy) is 2. The maximum atomic E-state index is 11.7. The molecule has 4 heteroatoms. The molecule has 0 amide bonds. The maximum Gasteiger partial charge on any atom is 0.330 e. The Labute approximate surface area is 196 Å². The van der Waals surface area contributed by atoms with Gasteiger partial charge in [0.2, 0.25) is 0 Å². The summed E-state index contributed by atoms with van der Waals surface area (Å²) in [5.41, 5.74) is 4.90. The lowest BCUT2D eigenvalue weighted by molar-refractivity contribution is -0.137. The SMILES string of the molecule is CCCOc1c(-c2cccc3sc(/C=C/C(=O)OCC)cc23)cc(C(C)C)cc1C(C)C. The van der Waals surface area contributed by atoms with Crippen LogP contribution in [0.25, 0.3) is 27.3 Å². The minimum atomic E-state index is -0.313. The van der Waals surface area contributed by atoms with E-state index in [2.05, 4.69) is 71.0 Å². The lowest BCUT2D eigenvalue weighted by Gasteiger charge is -2.21. The van der Waals surface area contributed by atoms with Gasteiger partial charge in [0.05, 0.1) is 13.2 Å². The molecule has 1 aromatic heterocycles. The fourth-order valence-electron chi connectivity index (χ4n) is 3.74. The van der Waals surface area contributed by atoms with Gasteiger partial charge in [-0.15, -0.1) is 11.3 Å². The molecule has 3 rings (SSSR count). The molecule has 0 bridgehead atoms. The standard InChI is InChI=1S/C28H34O3S/c1-7-14-31-28-23(19(5)6)15-20(18(3)4)16-25(28)22-10-9-11-26-24(22)17-21(32-26)12-13-27(29)30-8-2/h9-13,15-19H,7-8,14H2,1-6H3/b13-12+. The summed E-state index contributed by atoms with van der Waals surface area (Å²) in [7, 11) is 0. The van der Waals surface area contributed by atoms with Crippen LogP contribution in [0.2, 0.25) is 0 Å². The highest BCUT2D eigenvalue weighted by molar-refractivity contribution is 7.20. The Bertz CT molecular complexity index is 1110. The molecule has 0 N–H and O–H groups in total. The van der Waals surface area contributed by atoms with E-state index < -0.39 is 0 Å². The number of hydrogen-bond donors (Lipinski definition) is 0.